The molecular formula is C24H37N. The summed E-state index contributed by atoms with van der Waals surface area (Å²) in [5, 5.41) is 0. The number of hydrogen-bond donors (Lipinski definition) is 0. The molecule has 1 unspecified atom stereocenters. The Morgan fingerprint density at radius 1 is 0.760 bits per heavy atom. The van der Waals surface area contributed by atoms with Crippen molar-refractivity contribution in [2.45, 2.75) is 59.9 Å². The molecule has 25 heavy (non-hydrogen) atoms. The van der Waals surface area contributed by atoms with Crippen LogP contribution < -0.4 is 0 Å². The number of nitrogens with zero attached hydrogens (tertiary/aromatic N) is 1. The summed E-state index contributed by atoms with van der Waals surface area (Å²) in [5.41, 5.74) is 2.80. The second kappa shape index (κ2) is 12.7. The van der Waals surface area contributed by atoms with Crippen LogP contribution in [0, 0.1) is 5.92 Å². The van der Waals surface area contributed by atoms with Gasteiger partial charge in [-0.2, -0.15) is 0 Å². The van der Waals surface area contributed by atoms with E-state index in [0.29, 0.717) is 6.04 Å². The van der Waals surface area contributed by atoms with Crippen molar-refractivity contribution in [3.05, 3.63) is 71.8 Å². The average molecular weight is 340 g/mol. The molecular weight excluding hydrogens is 302 g/mol. The first-order valence-electron chi connectivity index (χ1n) is 10.1. The van der Waals surface area contributed by atoms with E-state index in [-0.39, 0.29) is 0 Å². The molecule has 1 heteroatoms. The number of hydrogen-bond acceptors (Lipinski definition) is 1. The van der Waals surface area contributed by atoms with Crippen LogP contribution in [0.1, 0.15) is 71.0 Å². The van der Waals surface area contributed by atoms with E-state index in [0.717, 1.165) is 19.0 Å². The van der Waals surface area contributed by atoms with Crippen LogP contribution in [0.25, 0.3) is 0 Å². The lowest BCUT2D eigenvalue weighted by atomic mass is 9.95. The van der Waals surface area contributed by atoms with Crippen LogP contribution >= 0.6 is 0 Å². The molecule has 0 saturated heterocycles. The third-order valence-corrected chi connectivity index (χ3v) is 4.71. The summed E-state index contributed by atoms with van der Waals surface area (Å²) in [4.78, 5) is 2.66. The van der Waals surface area contributed by atoms with Gasteiger partial charge in [-0.05, 0) is 43.0 Å². The first kappa shape index (κ1) is 21.4. The van der Waals surface area contributed by atoms with E-state index in [2.05, 4.69) is 86.3 Å². The summed E-state index contributed by atoms with van der Waals surface area (Å²) >= 11 is 0. The van der Waals surface area contributed by atoms with Crippen molar-refractivity contribution < 1.29 is 0 Å². The van der Waals surface area contributed by atoms with Gasteiger partial charge < -0.3 is 0 Å². The van der Waals surface area contributed by atoms with Crippen LogP contribution in [-0.4, -0.2) is 18.0 Å². The quantitative estimate of drug-likeness (QED) is 0.478. The molecule has 0 spiro atoms. The zero-order chi connectivity index (χ0) is 18.5. The fraction of sp³-hybridized carbons (Fsp3) is 0.500. The minimum Gasteiger partial charge on any atom is -0.292 e. The molecule has 0 aromatic heterocycles. The van der Waals surface area contributed by atoms with Crippen molar-refractivity contribution in [1.29, 1.82) is 0 Å². The Kier molecular flexibility index (Phi) is 10.9. The molecule has 1 nitrogen and oxygen atoms in total. The smallest absolute Gasteiger partial charge is 0.0601 e. The molecule has 2 aromatic rings. The Hall–Kier alpha value is -1.60. The maximum atomic E-state index is 2.66. The van der Waals surface area contributed by atoms with E-state index in [1.807, 2.05) is 13.8 Å². The molecule has 0 heterocycles. The minimum absolute atomic E-state index is 0.362. The molecule has 0 saturated carbocycles. The monoisotopic (exact) mass is 339 g/mol. The number of benzene rings is 2. The molecule has 138 valence electrons. The van der Waals surface area contributed by atoms with Crippen LogP contribution in [0.3, 0.4) is 0 Å². The summed E-state index contributed by atoms with van der Waals surface area (Å²) in [5.74, 6) is 0.793. The molecule has 0 N–H and O–H groups in total. The first-order valence-corrected chi connectivity index (χ1v) is 10.1. The van der Waals surface area contributed by atoms with Gasteiger partial charge in [0.25, 0.3) is 0 Å². The van der Waals surface area contributed by atoms with Gasteiger partial charge in [0.2, 0.25) is 0 Å². The highest BCUT2D eigenvalue weighted by molar-refractivity contribution is 5.31. The zero-order valence-electron chi connectivity index (χ0n) is 16.9. The van der Waals surface area contributed by atoms with Crippen molar-refractivity contribution in [2.75, 3.05) is 13.1 Å². The Balaban J connectivity index is 0.00000151. The van der Waals surface area contributed by atoms with Gasteiger partial charge in [-0.3, -0.25) is 4.90 Å². The van der Waals surface area contributed by atoms with Crippen LogP contribution in [0.5, 0.6) is 0 Å². The summed E-state index contributed by atoms with van der Waals surface area (Å²) in [6, 6.07) is 22.3. The topological polar surface area (TPSA) is 3.24 Å². The van der Waals surface area contributed by atoms with Gasteiger partial charge in [0.1, 0.15) is 0 Å². The Bertz CT molecular complexity index is 495. The van der Waals surface area contributed by atoms with E-state index in [1.54, 1.807) is 0 Å². The largest absolute Gasteiger partial charge is 0.292 e. The normalized spacial score (nSPS) is 12.0. The highest BCUT2D eigenvalue weighted by Gasteiger charge is 2.21. The lowest BCUT2D eigenvalue weighted by Crippen LogP contribution is -2.32. The predicted molar refractivity (Wildman–Crippen MR) is 112 cm³/mol. The third kappa shape index (κ3) is 7.04. The van der Waals surface area contributed by atoms with E-state index in [1.165, 1.54) is 30.4 Å². The summed E-state index contributed by atoms with van der Waals surface area (Å²) in [6.45, 7) is 13.2. The Labute approximate surface area is 156 Å². The molecule has 0 aliphatic rings. The Morgan fingerprint density at radius 2 is 1.24 bits per heavy atom. The fourth-order valence-electron chi connectivity index (χ4n) is 3.13. The van der Waals surface area contributed by atoms with Gasteiger partial charge in [0.05, 0.1) is 6.04 Å². The summed E-state index contributed by atoms with van der Waals surface area (Å²) < 4.78 is 0. The maximum Gasteiger partial charge on any atom is 0.0601 e. The number of rotatable bonds is 9. The highest BCUT2D eigenvalue weighted by atomic mass is 15.2. The molecule has 0 bridgehead atoms. The molecule has 0 aliphatic heterocycles. The summed E-state index contributed by atoms with van der Waals surface area (Å²) in [7, 11) is 0. The lowest BCUT2D eigenvalue weighted by Gasteiger charge is -2.33. The van der Waals surface area contributed by atoms with E-state index in [4.69, 9.17) is 0 Å². The first-order chi connectivity index (χ1) is 12.3. The van der Waals surface area contributed by atoms with E-state index in [9.17, 15) is 0 Å². The fourth-order valence-corrected chi connectivity index (χ4v) is 3.13. The van der Waals surface area contributed by atoms with Gasteiger partial charge in [0, 0.05) is 0 Å². The van der Waals surface area contributed by atoms with Crippen molar-refractivity contribution in [2.24, 2.45) is 5.92 Å². The van der Waals surface area contributed by atoms with Gasteiger partial charge in [-0.25, -0.2) is 0 Å². The Morgan fingerprint density at radius 3 is 1.64 bits per heavy atom. The lowest BCUT2D eigenvalue weighted by molar-refractivity contribution is 0.210. The molecule has 2 rings (SSSR count). The predicted octanol–water partition coefficient (Wildman–Crippen LogP) is 6.95. The van der Waals surface area contributed by atoms with Crippen molar-refractivity contribution >= 4 is 0 Å². The van der Waals surface area contributed by atoms with Crippen LogP contribution in [-0.2, 0) is 0 Å². The van der Waals surface area contributed by atoms with Crippen molar-refractivity contribution in [1.82, 2.24) is 4.90 Å². The molecule has 1 atom stereocenters. The highest BCUT2D eigenvalue weighted by Crippen LogP contribution is 2.29. The minimum atomic E-state index is 0.362. The maximum absolute atomic E-state index is 2.66. The van der Waals surface area contributed by atoms with Gasteiger partial charge >= 0.3 is 0 Å². The second-order valence-electron chi connectivity index (χ2n) is 6.56. The molecule has 2 aromatic carbocycles. The van der Waals surface area contributed by atoms with E-state index < -0.39 is 0 Å². The molecule has 0 fully saturated rings. The molecule has 0 amide bonds. The third-order valence-electron chi connectivity index (χ3n) is 4.71. The van der Waals surface area contributed by atoms with Gasteiger partial charge in [-0.1, -0.05) is 102 Å². The van der Waals surface area contributed by atoms with Crippen LogP contribution in [0.4, 0.5) is 0 Å². The van der Waals surface area contributed by atoms with Crippen LogP contribution in [0.15, 0.2) is 60.7 Å². The second-order valence-corrected chi connectivity index (χ2v) is 6.56. The molecule has 0 radical (unpaired) electrons. The van der Waals surface area contributed by atoms with Crippen LogP contribution in [0.2, 0.25) is 0 Å². The van der Waals surface area contributed by atoms with E-state index >= 15 is 0 Å². The standard InChI is InChI=1S/C22H31N.C2H6/c1-4-17-23(18-16-19(3)5-2)22(20-12-8-6-9-13-20)21-14-10-7-11-15-21;1-2/h6-15,19,22H,4-5,16-18H2,1-3H3;1-2H3. The van der Waals surface area contributed by atoms with Gasteiger partial charge in [0.15, 0.2) is 0 Å². The zero-order valence-corrected chi connectivity index (χ0v) is 16.9. The van der Waals surface area contributed by atoms with Crippen molar-refractivity contribution in [3.63, 3.8) is 0 Å². The average Bonchev–Trinajstić information content (AvgIpc) is 2.69. The van der Waals surface area contributed by atoms with Gasteiger partial charge in [-0.15, -0.1) is 0 Å². The molecule has 0 aliphatic carbocycles. The SMILES string of the molecule is CC.CCCN(CCC(C)CC)C(c1ccccc1)c1ccccc1. The summed E-state index contributed by atoms with van der Waals surface area (Å²) in [6.07, 6.45) is 3.73. The van der Waals surface area contributed by atoms with Crippen molar-refractivity contribution in [3.8, 4) is 0 Å².